The normalized spacial score (nSPS) is 18.9. The molecule has 0 bridgehead atoms. The number of aryl methyl sites for hydroxylation is 3. The SMILES string of the molecule is Cc1nc(CCOC2CCN(S(=O)(=O)c3ccc4c(c3)CCCC4)CC2)no1. The van der Waals surface area contributed by atoms with Crippen LogP contribution in [0.5, 0.6) is 0 Å². The molecule has 0 unspecified atom stereocenters. The van der Waals surface area contributed by atoms with Crippen LogP contribution in [0.15, 0.2) is 27.6 Å². The Bertz CT molecular complexity index is 917. The van der Waals surface area contributed by atoms with E-state index in [0.717, 1.165) is 19.3 Å². The van der Waals surface area contributed by atoms with Crippen LogP contribution in [0.25, 0.3) is 0 Å². The minimum absolute atomic E-state index is 0.0722. The third kappa shape index (κ3) is 4.29. The predicted octanol–water partition coefficient (Wildman–Crippen LogP) is 2.67. The topological polar surface area (TPSA) is 85.5 Å². The molecule has 4 rings (SSSR count). The van der Waals surface area contributed by atoms with E-state index in [1.165, 1.54) is 17.5 Å². The van der Waals surface area contributed by atoms with E-state index in [2.05, 4.69) is 10.1 Å². The number of sulfonamides is 1. The van der Waals surface area contributed by atoms with Crippen molar-refractivity contribution in [1.29, 1.82) is 0 Å². The minimum atomic E-state index is -3.43. The first kappa shape index (κ1) is 19.5. The van der Waals surface area contributed by atoms with Gasteiger partial charge in [0.15, 0.2) is 5.82 Å². The molecule has 0 N–H and O–H groups in total. The molecule has 152 valence electrons. The first-order valence-electron chi connectivity index (χ1n) is 10.0. The molecule has 0 radical (unpaired) electrons. The van der Waals surface area contributed by atoms with E-state index >= 15 is 0 Å². The fourth-order valence-electron chi connectivity index (χ4n) is 4.02. The maximum atomic E-state index is 13.0. The molecule has 0 atom stereocenters. The quantitative estimate of drug-likeness (QED) is 0.734. The van der Waals surface area contributed by atoms with Gasteiger partial charge in [-0.2, -0.15) is 9.29 Å². The average molecular weight is 406 g/mol. The summed E-state index contributed by atoms with van der Waals surface area (Å²) >= 11 is 0. The third-order valence-corrected chi connectivity index (χ3v) is 7.50. The first-order valence-corrected chi connectivity index (χ1v) is 11.5. The van der Waals surface area contributed by atoms with Crippen LogP contribution in [0.4, 0.5) is 0 Å². The summed E-state index contributed by atoms with van der Waals surface area (Å²) in [5.74, 6) is 1.20. The first-order chi connectivity index (χ1) is 13.5. The van der Waals surface area contributed by atoms with Gasteiger partial charge in [-0.1, -0.05) is 11.2 Å². The highest BCUT2D eigenvalue weighted by molar-refractivity contribution is 7.89. The van der Waals surface area contributed by atoms with Crippen LogP contribution in [0.3, 0.4) is 0 Å². The van der Waals surface area contributed by atoms with Crippen molar-refractivity contribution in [1.82, 2.24) is 14.4 Å². The Hall–Kier alpha value is -1.77. The molecule has 1 saturated heterocycles. The molecule has 1 aromatic heterocycles. The van der Waals surface area contributed by atoms with Gasteiger partial charge >= 0.3 is 0 Å². The van der Waals surface area contributed by atoms with Crippen molar-refractivity contribution >= 4 is 10.0 Å². The van der Waals surface area contributed by atoms with Gasteiger partial charge in [-0.3, -0.25) is 0 Å². The molecule has 1 aromatic carbocycles. The Kier molecular flexibility index (Phi) is 5.80. The number of hydrogen-bond acceptors (Lipinski definition) is 6. The molecule has 2 heterocycles. The molecular formula is C20H27N3O4S. The van der Waals surface area contributed by atoms with Crippen molar-refractivity contribution in [3.8, 4) is 0 Å². The number of fused-ring (bicyclic) bond motifs is 1. The largest absolute Gasteiger partial charge is 0.378 e. The molecule has 0 amide bonds. The maximum Gasteiger partial charge on any atom is 0.243 e. The van der Waals surface area contributed by atoms with Crippen molar-refractivity contribution in [2.75, 3.05) is 19.7 Å². The zero-order valence-electron chi connectivity index (χ0n) is 16.3. The summed E-state index contributed by atoms with van der Waals surface area (Å²) in [6.07, 6.45) is 6.45. The molecule has 1 fully saturated rings. The second-order valence-electron chi connectivity index (χ2n) is 7.59. The average Bonchev–Trinajstić information content (AvgIpc) is 3.13. The van der Waals surface area contributed by atoms with Crippen molar-refractivity contribution in [3.63, 3.8) is 0 Å². The summed E-state index contributed by atoms with van der Waals surface area (Å²) in [4.78, 5) is 4.59. The molecule has 0 saturated carbocycles. The van der Waals surface area contributed by atoms with E-state index < -0.39 is 10.0 Å². The number of aromatic nitrogens is 2. The van der Waals surface area contributed by atoms with Crippen LogP contribution >= 0.6 is 0 Å². The summed E-state index contributed by atoms with van der Waals surface area (Å²) in [6, 6.07) is 5.66. The fourth-order valence-corrected chi connectivity index (χ4v) is 5.54. The Morgan fingerprint density at radius 1 is 1.18 bits per heavy atom. The molecule has 8 heteroatoms. The summed E-state index contributed by atoms with van der Waals surface area (Å²) in [5.41, 5.74) is 2.50. The lowest BCUT2D eigenvalue weighted by atomic mass is 9.92. The van der Waals surface area contributed by atoms with Crippen molar-refractivity contribution in [3.05, 3.63) is 41.0 Å². The predicted molar refractivity (Wildman–Crippen MR) is 104 cm³/mol. The van der Waals surface area contributed by atoms with Gasteiger partial charge in [-0.15, -0.1) is 0 Å². The zero-order valence-corrected chi connectivity index (χ0v) is 17.1. The van der Waals surface area contributed by atoms with E-state index in [-0.39, 0.29) is 6.10 Å². The van der Waals surface area contributed by atoms with Gasteiger partial charge in [0, 0.05) is 26.4 Å². The molecule has 2 aliphatic rings. The van der Waals surface area contributed by atoms with Gasteiger partial charge in [0.25, 0.3) is 0 Å². The lowest BCUT2D eigenvalue weighted by Gasteiger charge is -2.31. The van der Waals surface area contributed by atoms with Gasteiger partial charge in [-0.05, 0) is 61.8 Å². The van der Waals surface area contributed by atoms with Crippen LogP contribution in [-0.4, -0.2) is 48.7 Å². The van der Waals surface area contributed by atoms with Crippen molar-refractivity contribution in [2.45, 2.75) is 62.9 Å². The van der Waals surface area contributed by atoms with E-state index in [4.69, 9.17) is 9.26 Å². The van der Waals surface area contributed by atoms with E-state index in [1.54, 1.807) is 17.3 Å². The molecular weight excluding hydrogens is 378 g/mol. The summed E-state index contributed by atoms with van der Waals surface area (Å²) < 4.78 is 38.5. The molecule has 2 aromatic rings. The lowest BCUT2D eigenvalue weighted by molar-refractivity contribution is 0.0222. The summed E-state index contributed by atoms with van der Waals surface area (Å²) in [6.45, 7) is 3.26. The lowest BCUT2D eigenvalue weighted by Crippen LogP contribution is -2.41. The van der Waals surface area contributed by atoms with E-state index in [9.17, 15) is 8.42 Å². The van der Waals surface area contributed by atoms with Gasteiger partial charge in [0.1, 0.15) is 0 Å². The zero-order chi connectivity index (χ0) is 19.6. The molecule has 1 aliphatic heterocycles. The Labute approximate surface area is 166 Å². The monoisotopic (exact) mass is 405 g/mol. The Balaban J connectivity index is 1.31. The number of piperidine rings is 1. The van der Waals surface area contributed by atoms with Crippen LogP contribution in [0.2, 0.25) is 0 Å². The van der Waals surface area contributed by atoms with Gasteiger partial charge in [0.05, 0.1) is 17.6 Å². The highest BCUT2D eigenvalue weighted by atomic mass is 32.2. The van der Waals surface area contributed by atoms with Crippen LogP contribution in [0.1, 0.15) is 48.5 Å². The Morgan fingerprint density at radius 2 is 1.93 bits per heavy atom. The summed E-state index contributed by atoms with van der Waals surface area (Å²) in [5, 5.41) is 3.85. The number of rotatable bonds is 6. The van der Waals surface area contributed by atoms with Crippen molar-refractivity contribution in [2.24, 2.45) is 0 Å². The Morgan fingerprint density at radius 3 is 2.64 bits per heavy atom. The molecule has 1 aliphatic carbocycles. The fraction of sp³-hybridized carbons (Fsp3) is 0.600. The third-order valence-electron chi connectivity index (χ3n) is 5.61. The van der Waals surface area contributed by atoms with Gasteiger partial charge in [-0.25, -0.2) is 8.42 Å². The standard InChI is InChI=1S/C20H27N3O4S/c1-15-21-20(22-27-15)10-13-26-18-8-11-23(12-9-18)28(24,25)19-7-6-16-4-2-3-5-17(16)14-19/h6-7,14,18H,2-5,8-13H2,1H3. The van der Waals surface area contributed by atoms with E-state index in [1.807, 2.05) is 12.1 Å². The van der Waals surface area contributed by atoms with Crippen molar-refractivity contribution < 1.29 is 17.7 Å². The summed E-state index contributed by atoms with van der Waals surface area (Å²) in [7, 11) is -3.43. The van der Waals surface area contributed by atoms with Crippen LogP contribution in [-0.2, 0) is 34.0 Å². The maximum absolute atomic E-state index is 13.0. The smallest absolute Gasteiger partial charge is 0.243 e. The second kappa shape index (κ2) is 8.31. The number of ether oxygens (including phenoxy) is 1. The minimum Gasteiger partial charge on any atom is -0.378 e. The molecule has 0 spiro atoms. The van der Waals surface area contributed by atoms with Crippen LogP contribution in [0, 0.1) is 6.92 Å². The number of hydrogen-bond donors (Lipinski definition) is 0. The number of benzene rings is 1. The van der Waals surface area contributed by atoms with Gasteiger partial charge < -0.3 is 9.26 Å². The highest BCUT2D eigenvalue weighted by Gasteiger charge is 2.30. The highest BCUT2D eigenvalue weighted by Crippen LogP contribution is 2.27. The van der Waals surface area contributed by atoms with E-state index in [0.29, 0.717) is 55.6 Å². The number of nitrogens with zero attached hydrogens (tertiary/aromatic N) is 3. The molecule has 7 nitrogen and oxygen atoms in total. The second-order valence-corrected chi connectivity index (χ2v) is 9.53. The molecule has 28 heavy (non-hydrogen) atoms. The van der Waals surface area contributed by atoms with Gasteiger partial charge in [0.2, 0.25) is 15.9 Å². The van der Waals surface area contributed by atoms with Crippen LogP contribution < -0.4 is 0 Å².